The first-order valence-corrected chi connectivity index (χ1v) is 4.62. The molecule has 0 saturated carbocycles. The molecule has 0 saturated heterocycles. The van der Waals surface area contributed by atoms with E-state index in [-0.39, 0.29) is 13.1 Å². The van der Waals surface area contributed by atoms with Gasteiger partial charge >= 0.3 is 0 Å². The molecule has 0 aromatic heterocycles. The van der Waals surface area contributed by atoms with Gasteiger partial charge in [-0.25, -0.2) is 0 Å². The van der Waals surface area contributed by atoms with E-state index in [4.69, 9.17) is 5.73 Å². The number of carbonyl (C=O) groups is 1. The summed E-state index contributed by atoms with van der Waals surface area (Å²) in [4.78, 5) is 20.4. The fourth-order valence-corrected chi connectivity index (χ4v) is 1.15. The SMILES string of the molecule is NC(=O)CNc1ccc(CCN=O)cc1. The van der Waals surface area contributed by atoms with Gasteiger partial charge in [-0.2, -0.15) is 4.91 Å². The summed E-state index contributed by atoms with van der Waals surface area (Å²) in [5, 5.41) is 5.65. The van der Waals surface area contributed by atoms with Gasteiger partial charge in [0.05, 0.1) is 13.1 Å². The number of nitrogens with one attached hydrogen (secondary N) is 1. The Hall–Kier alpha value is -1.91. The number of hydrogen-bond acceptors (Lipinski definition) is 4. The lowest BCUT2D eigenvalue weighted by molar-refractivity contribution is -0.116. The normalized spacial score (nSPS) is 9.60. The van der Waals surface area contributed by atoms with Crippen molar-refractivity contribution in [1.29, 1.82) is 0 Å². The predicted molar refractivity (Wildman–Crippen MR) is 58.5 cm³/mol. The van der Waals surface area contributed by atoms with Gasteiger partial charge < -0.3 is 11.1 Å². The predicted octanol–water partition coefficient (Wildman–Crippen LogP) is 0.893. The summed E-state index contributed by atoms with van der Waals surface area (Å²) in [6.45, 7) is 0.406. The van der Waals surface area contributed by atoms with E-state index in [2.05, 4.69) is 10.5 Å². The van der Waals surface area contributed by atoms with Crippen LogP contribution in [0.2, 0.25) is 0 Å². The molecule has 0 aliphatic carbocycles. The Morgan fingerprint density at radius 2 is 2.00 bits per heavy atom. The van der Waals surface area contributed by atoms with Crippen molar-refractivity contribution in [1.82, 2.24) is 0 Å². The molecule has 0 aliphatic rings. The van der Waals surface area contributed by atoms with Crippen LogP contribution in [0.25, 0.3) is 0 Å². The van der Waals surface area contributed by atoms with Crippen LogP contribution in [0.4, 0.5) is 5.69 Å². The molecule has 5 nitrogen and oxygen atoms in total. The summed E-state index contributed by atoms with van der Waals surface area (Å²) in [7, 11) is 0. The van der Waals surface area contributed by atoms with Crippen molar-refractivity contribution < 1.29 is 4.79 Å². The number of anilines is 1. The third-order valence-corrected chi connectivity index (χ3v) is 1.91. The average Bonchev–Trinajstić information content (AvgIpc) is 2.25. The zero-order valence-electron chi connectivity index (χ0n) is 8.27. The monoisotopic (exact) mass is 207 g/mol. The number of primary amides is 1. The Morgan fingerprint density at radius 1 is 1.33 bits per heavy atom. The van der Waals surface area contributed by atoms with Gasteiger partial charge in [0, 0.05) is 5.69 Å². The minimum Gasteiger partial charge on any atom is -0.376 e. The summed E-state index contributed by atoms with van der Waals surface area (Å²) in [6, 6.07) is 7.44. The van der Waals surface area contributed by atoms with Crippen LogP contribution in [0.15, 0.2) is 29.4 Å². The number of carbonyl (C=O) groups excluding carboxylic acids is 1. The molecule has 1 aromatic carbocycles. The number of hydrogen-bond donors (Lipinski definition) is 2. The quantitative estimate of drug-likeness (QED) is 0.679. The van der Waals surface area contributed by atoms with E-state index in [0.29, 0.717) is 6.42 Å². The molecule has 0 radical (unpaired) electrons. The van der Waals surface area contributed by atoms with E-state index in [0.717, 1.165) is 11.3 Å². The second-order valence-electron chi connectivity index (χ2n) is 3.12. The number of benzene rings is 1. The van der Waals surface area contributed by atoms with Crippen molar-refractivity contribution in [3.8, 4) is 0 Å². The van der Waals surface area contributed by atoms with E-state index in [9.17, 15) is 9.70 Å². The van der Waals surface area contributed by atoms with Gasteiger partial charge in [-0.05, 0) is 24.1 Å². The molecule has 0 spiro atoms. The third kappa shape index (κ3) is 4.21. The average molecular weight is 207 g/mol. The van der Waals surface area contributed by atoms with Crippen LogP contribution in [0.5, 0.6) is 0 Å². The summed E-state index contributed by atoms with van der Waals surface area (Å²) in [6.07, 6.45) is 0.638. The molecular formula is C10H13N3O2. The molecule has 5 heteroatoms. The highest BCUT2D eigenvalue weighted by molar-refractivity contribution is 5.78. The van der Waals surface area contributed by atoms with Crippen molar-refractivity contribution in [3.05, 3.63) is 34.7 Å². The van der Waals surface area contributed by atoms with Gasteiger partial charge in [-0.15, -0.1) is 0 Å². The lowest BCUT2D eigenvalue weighted by Gasteiger charge is -2.04. The molecule has 3 N–H and O–H groups in total. The van der Waals surface area contributed by atoms with Gasteiger partial charge in [-0.1, -0.05) is 17.3 Å². The first-order chi connectivity index (χ1) is 7.22. The Bertz CT molecular complexity index is 335. The maximum absolute atomic E-state index is 10.5. The standard InChI is InChI=1S/C10H13N3O2/c11-10(14)7-12-9-3-1-8(2-4-9)5-6-13-15/h1-4,12H,5-7H2,(H2,11,14). The van der Waals surface area contributed by atoms with Crippen molar-refractivity contribution in [2.45, 2.75) is 6.42 Å². The van der Waals surface area contributed by atoms with Gasteiger partial charge in [0.2, 0.25) is 5.91 Å². The second kappa shape index (κ2) is 5.74. The van der Waals surface area contributed by atoms with Gasteiger partial charge in [0.1, 0.15) is 0 Å². The van der Waals surface area contributed by atoms with Crippen molar-refractivity contribution in [2.24, 2.45) is 10.9 Å². The molecule has 0 bridgehead atoms. The zero-order valence-corrected chi connectivity index (χ0v) is 8.27. The second-order valence-corrected chi connectivity index (χ2v) is 3.12. The molecule has 1 rings (SSSR count). The summed E-state index contributed by atoms with van der Waals surface area (Å²) in [5.74, 6) is -0.399. The highest BCUT2D eigenvalue weighted by Crippen LogP contribution is 2.09. The maximum atomic E-state index is 10.5. The Labute approximate surface area is 87.6 Å². The van der Waals surface area contributed by atoms with Crippen LogP contribution >= 0.6 is 0 Å². The summed E-state index contributed by atoms with van der Waals surface area (Å²) < 4.78 is 0. The maximum Gasteiger partial charge on any atom is 0.236 e. The van der Waals surface area contributed by atoms with Crippen LogP contribution < -0.4 is 11.1 Å². The molecule has 80 valence electrons. The van der Waals surface area contributed by atoms with Gasteiger partial charge in [-0.3, -0.25) is 4.79 Å². The number of nitrogens with two attached hydrogens (primary N) is 1. The molecule has 0 heterocycles. The smallest absolute Gasteiger partial charge is 0.236 e. The lowest BCUT2D eigenvalue weighted by Crippen LogP contribution is -2.21. The zero-order chi connectivity index (χ0) is 11.1. The largest absolute Gasteiger partial charge is 0.376 e. The highest BCUT2D eigenvalue weighted by Gasteiger charge is 1.96. The first-order valence-electron chi connectivity index (χ1n) is 4.62. The van der Waals surface area contributed by atoms with Gasteiger partial charge in [0.25, 0.3) is 0 Å². The lowest BCUT2D eigenvalue weighted by atomic mass is 10.1. The van der Waals surface area contributed by atoms with Gasteiger partial charge in [0.15, 0.2) is 0 Å². The molecule has 0 unspecified atom stereocenters. The fourth-order valence-electron chi connectivity index (χ4n) is 1.15. The molecule has 1 amide bonds. The van der Waals surface area contributed by atoms with Crippen molar-refractivity contribution in [2.75, 3.05) is 18.4 Å². The van der Waals surface area contributed by atoms with Crippen LogP contribution in [0, 0.1) is 4.91 Å². The molecule has 1 aromatic rings. The van der Waals surface area contributed by atoms with E-state index in [1.165, 1.54) is 0 Å². The summed E-state index contributed by atoms with van der Waals surface area (Å²) in [5.41, 5.74) is 6.86. The van der Waals surface area contributed by atoms with Crippen LogP contribution in [0.3, 0.4) is 0 Å². The highest BCUT2D eigenvalue weighted by atomic mass is 16.3. The number of rotatable bonds is 6. The van der Waals surface area contributed by atoms with Crippen LogP contribution in [0.1, 0.15) is 5.56 Å². The minimum atomic E-state index is -0.399. The van der Waals surface area contributed by atoms with E-state index < -0.39 is 5.91 Å². The molecule has 0 atom stereocenters. The minimum absolute atomic E-state index is 0.120. The van der Waals surface area contributed by atoms with E-state index >= 15 is 0 Å². The number of nitroso groups, excluding NO2 is 1. The fraction of sp³-hybridized carbons (Fsp3) is 0.300. The topological polar surface area (TPSA) is 84.6 Å². The Morgan fingerprint density at radius 3 is 2.53 bits per heavy atom. The first kappa shape index (κ1) is 11.2. The number of nitrogens with zero attached hydrogens (tertiary/aromatic N) is 1. The van der Waals surface area contributed by atoms with E-state index in [1.54, 1.807) is 0 Å². The summed E-state index contributed by atoms with van der Waals surface area (Å²) >= 11 is 0. The van der Waals surface area contributed by atoms with E-state index in [1.807, 2.05) is 24.3 Å². The molecular weight excluding hydrogens is 194 g/mol. The Balaban J connectivity index is 2.48. The Kier molecular flexibility index (Phi) is 4.28. The molecule has 0 aliphatic heterocycles. The number of amides is 1. The third-order valence-electron chi connectivity index (χ3n) is 1.91. The molecule has 15 heavy (non-hydrogen) atoms. The van der Waals surface area contributed by atoms with Crippen molar-refractivity contribution >= 4 is 11.6 Å². The van der Waals surface area contributed by atoms with Crippen LogP contribution in [-0.4, -0.2) is 19.0 Å². The van der Waals surface area contributed by atoms with Crippen molar-refractivity contribution in [3.63, 3.8) is 0 Å². The molecule has 0 fully saturated rings. The van der Waals surface area contributed by atoms with Crippen LogP contribution in [-0.2, 0) is 11.2 Å².